The van der Waals surface area contributed by atoms with Gasteiger partial charge in [0, 0.05) is 31.9 Å². The number of aromatic nitrogens is 2. The monoisotopic (exact) mass is 450 g/mol. The number of ether oxygens (including phenoxy) is 1. The van der Waals surface area contributed by atoms with Crippen LogP contribution in [0.4, 0.5) is 4.39 Å². The molecule has 1 aliphatic rings. The zero-order valence-electron chi connectivity index (χ0n) is 18.5. The first kappa shape index (κ1) is 22.5. The largest absolute Gasteiger partial charge is 0.489 e. The summed E-state index contributed by atoms with van der Waals surface area (Å²) in [5.41, 5.74) is 1.96. The summed E-state index contributed by atoms with van der Waals surface area (Å²) < 4.78 is 20.7. The van der Waals surface area contributed by atoms with Gasteiger partial charge in [-0.1, -0.05) is 18.2 Å². The van der Waals surface area contributed by atoms with Crippen molar-refractivity contribution in [2.75, 3.05) is 20.1 Å². The van der Waals surface area contributed by atoms with Crippen molar-refractivity contribution in [2.24, 2.45) is 0 Å². The number of rotatable bonds is 6. The van der Waals surface area contributed by atoms with E-state index in [1.807, 2.05) is 9.58 Å². The van der Waals surface area contributed by atoms with Gasteiger partial charge in [0.2, 0.25) is 0 Å². The van der Waals surface area contributed by atoms with Crippen molar-refractivity contribution in [1.82, 2.24) is 20.0 Å². The topological polar surface area (TPSA) is 76.5 Å². The molecular formula is C25H27FN4O3. The third-order valence-corrected chi connectivity index (χ3v) is 5.85. The van der Waals surface area contributed by atoms with Crippen LogP contribution in [0.25, 0.3) is 0 Å². The standard InChI is InChI=1S/C25H27FN4O3/c1-27-24(31)20-15-28-30(16-20)22-5-3-12-29(13-11-22)25(32)19-4-2-6-23(14-19)33-17-18-7-9-21(26)10-8-18/h2,4,6-10,14-16,22H,3,5,11-13,17H2,1H3,(H,27,31)/t22-/m0/s1. The molecule has 8 heteroatoms. The molecular weight excluding hydrogens is 423 g/mol. The van der Waals surface area contributed by atoms with Gasteiger partial charge in [-0.2, -0.15) is 5.10 Å². The SMILES string of the molecule is CNC(=O)c1cnn([C@H]2CCCN(C(=O)c3cccc(OCc4ccc(F)cc4)c3)CC2)c1. The molecule has 4 rings (SSSR count). The Bertz CT molecular complexity index is 1110. The highest BCUT2D eigenvalue weighted by Crippen LogP contribution is 2.24. The number of nitrogens with zero attached hydrogens (tertiary/aromatic N) is 3. The molecule has 0 bridgehead atoms. The third-order valence-electron chi connectivity index (χ3n) is 5.85. The van der Waals surface area contributed by atoms with Crippen molar-refractivity contribution in [3.8, 4) is 5.75 Å². The van der Waals surface area contributed by atoms with E-state index in [9.17, 15) is 14.0 Å². The van der Waals surface area contributed by atoms with Gasteiger partial charge in [-0.3, -0.25) is 14.3 Å². The van der Waals surface area contributed by atoms with Crippen LogP contribution in [0, 0.1) is 5.82 Å². The van der Waals surface area contributed by atoms with E-state index >= 15 is 0 Å². The second-order valence-corrected chi connectivity index (χ2v) is 8.11. The normalized spacial score (nSPS) is 16.2. The van der Waals surface area contributed by atoms with Crippen LogP contribution < -0.4 is 10.1 Å². The second-order valence-electron chi connectivity index (χ2n) is 8.11. The summed E-state index contributed by atoms with van der Waals surface area (Å²) in [4.78, 5) is 26.8. The maximum Gasteiger partial charge on any atom is 0.254 e. The first-order valence-corrected chi connectivity index (χ1v) is 11.1. The van der Waals surface area contributed by atoms with E-state index in [-0.39, 0.29) is 23.7 Å². The van der Waals surface area contributed by atoms with Gasteiger partial charge in [-0.15, -0.1) is 0 Å². The molecule has 0 spiro atoms. The van der Waals surface area contributed by atoms with Gasteiger partial charge in [-0.05, 0) is 55.2 Å². The number of hydrogen-bond acceptors (Lipinski definition) is 4. The Kier molecular flexibility index (Phi) is 7.02. The Morgan fingerprint density at radius 1 is 1.12 bits per heavy atom. The van der Waals surface area contributed by atoms with E-state index in [1.165, 1.54) is 12.1 Å². The fourth-order valence-corrected chi connectivity index (χ4v) is 3.99. The molecule has 33 heavy (non-hydrogen) atoms. The van der Waals surface area contributed by atoms with Crippen LogP contribution in [0.3, 0.4) is 0 Å². The summed E-state index contributed by atoms with van der Waals surface area (Å²) in [6.07, 6.45) is 5.85. The molecule has 1 fully saturated rings. The molecule has 1 aliphatic heterocycles. The lowest BCUT2D eigenvalue weighted by atomic mass is 10.1. The van der Waals surface area contributed by atoms with Gasteiger partial charge < -0.3 is 15.0 Å². The van der Waals surface area contributed by atoms with E-state index in [0.717, 1.165) is 24.8 Å². The highest BCUT2D eigenvalue weighted by atomic mass is 19.1. The van der Waals surface area contributed by atoms with Gasteiger partial charge in [0.15, 0.2) is 0 Å². The van der Waals surface area contributed by atoms with E-state index in [2.05, 4.69) is 10.4 Å². The average Bonchev–Trinajstić information content (AvgIpc) is 3.21. The highest BCUT2D eigenvalue weighted by Gasteiger charge is 2.23. The van der Waals surface area contributed by atoms with Crippen LogP contribution in [-0.4, -0.2) is 46.6 Å². The molecule has 2 amide bonds. The zero-order chi connectivity index (χ0) is 23.2. The molecule has 2 aromatic carbocycles. The van der Waals surface area contributed by atoms with Crippen molar-refractivity contribution < 1.29 is 18.7 Å². The Morgan fingerprint density at radius 3 is 2.73 bits per heavy atom. The average molecular weight is 451 g/mol. The molecule has 1 atom stereocenters. The third kappa shape index (κ3) is 5.58. The number of nitrogens with one attached hydrogen (secondary N) is 1. The van der Waals surface area contributed by atoms with Crippen molar-refractivity contribution in [1.29, 1.82) is 0 Å². The van der Waals surface area contributed by atoms with Crippen molar-refractivity contribution >= 4 is 11.8 Å². The number of carbonyl (C=O) groups is 2. The van der Waals surface area contributed by atoms with Crippen LogP contribution in [0.1, 0.15) is 51.6 Å². The molecule has 3 aromatic rings. The molecule has 1 N–H and O–H groups in total. The van der Waals surface area contributed by atoms with Crippen LogP contribution in [0.15, 0.2) is 60.9 Å². The minimum Gasteiger partial charge on any atom is -0.489 e. The van der Waals surface area contributed by atoms with Gasteiger partial charge in [0.05, 0.1) is 17.8 Å². The van der Waals surface area contributed by atoms with E-state index in [0.29, 0.717) is 36.6 Å². The lowest BCUT2D eigenvalue weighted by molar-refractivity contribution is 0.0759. The summed E-state index contributed by atoms with van der Waals surface area (Å²) in [6.45, 7) is 1.57. The predicted molar refractivity (Wildman–Crippen MR) is 122 cm³/mol. The fraction of sp³-hybridized carbons (Fsp3) is 0.320. The summed E-state index contributed by atoms with van der Waals surface area (Å²) in [6, 6.07) is 13.4. The number of halogens is 1. The van der Waals surface area contributed by atoms with Crippen LogP contribution >= 0.6 is 0 Å². The first-order valence-electron chi connectivity index (χ1n) is 11.1. The first-order chi connectivity index (χ1) is 16.0. The summed E-state index contributed by atoms with van der Waals surface area (Å²) >= 11 is 0. The van der Waals surface area contributed by atoms with Gasteiger partial charge in [-0.25, -0.2) is 4.39 Å². The van der Waals surface area contributed by atoms with E-state index in [1.54, 1.807) is 55.8 Å². The molecule has 0 radical (unpaired) electrons. The molecule has 7 nitrogen and oxygen atoms in total. The lowest BCUT2D eigenvalue weighted by Gasteiger charge is -2.21. The molecule has 0 saturated carbocycles. The summed E-state index contributed by atoms with van der Waals surface area (Å²) in [7, 11) is 1.59. The second kappa shape index (κ2) is 10.3. The quantitative estimate of drug-likeness (QED) is 0.619. The van der Waals surface area contributed by atoms with Crippen molar-refractivity contribution in [3.63, 3.8) is 0 Å². The number of likely N-dealkylation sites (tertiary alicyclic amines) is 1. The highest BCUT2D eigenvalue weighted by molar-refractivity contribution is 5.94. The number of amides is 2. The van der Waals surface area contributed by atoms with Gasteiger partial charge >= 0.3 is 0 Å². The lowest BCUT2D eigenvalue weighted by Crippen LogP contribution is -2.32. The Labute approximate surface area is 192 Å². The van der Waals surface area contributed by atoms with Crippen molar-refractivity contribution in [2.45, 2.75) is 31.9 Å². The van der Waals surface area contributed by atoms with Crippen LogP contribution in [-0.2, 0) is 6.61 Å². The Morgan fingerprint density at radius 2 is 1.94 bits per heavy atom. The minimum atomic E-state index is -0.287. The molecule has 2 heterocycles. The molecule has 0 aliphatic carbocycles. The summed E-state index contributed by atoms with van der Waals surface area (Å²) in [5, 5.41) is 6.96. The number of benzene rings is 2. The Hall–Kier alpha value is -3.68. The molecule has 0 unspecified atom stereocenters. The van der Waals surface area contributed by atoms with E-state index < -0.39 is 0 Å². The smallest absolute Gasteiger partial charge is 0.254 e. The van der Waals surface area contributed by atoms with Gasteiger partial charge in [0.25, 0.3) is 11.8 Å². The Balaban J connectivity index is 1.37. The molecule has 1 saturated heterocycles. The van der Waals surface area contributed by atoms with Crippen molar-refractivity contribution in [3.05, 3.63) is 83.4 Å². The maximum absolute atomic E-state index is 13.1. The minimum absolute atomic E-state index is 0.0330. The molecule has 1 aromatic heterocycles. The zero-order valence-corrected chi connectivity index (χ0v) is 18.5. The van der Waals surface area contributed by atoms with E-state index in [4.69, 9.17) is 4.74 Å². The number of hydrogen-bond donors (Lipinski definition) is 1. The van der Waals surface area contributed by atoms with Gasteiger partial charge in [0.1, 0.15) is 18.2 Å². The summed E-state index contributed by atoms with van der Waals surface area (Å²) in [5.74, 6) is 0.115. The van der Waals surface area contributed by atoms with Crippen LogP contribution in [0.2, 0.25) is 0 Å². The van der Waals surface area contributed by atoms with Crippen LogP contribution in [0.5, 0.6) is 5.75 Å². The number of carbonyl (C=O) groups excluding carboxylic acids is 2. The predicted octanol–water partition coefficient (Wildman–Crippen LogP) is 3.83. The fourth-order valence-electron chi connectivity index (χ4n) is 3.99. The maximum atomic E-state index is 13.1. The molecule has 172 valence electrons.